The van der Waals surface area contributed by atoms with Crippen LogP contribution in [0.25, 0.3) is 5.82 Å². The number of piperazine rings is 1. The van der Waals surface area contributed by atoms with Crippen LogP contribution in [0.2, 0.25) is 0 Å². The van der Waals surface area contributed by atoms with Gasteiger partial charge in [0.15, 0.2) is 0 Å². The summed E-state index contributed by atoms with van der Waals surface area (Å²) in [5, 5.41) is 2.76. The van der Waals surface area contributed by atoms with E-state index in [-0.39, 0.29) is 11.8 Å². The van der Waals surface area contributed by atoms with Gasteiger partial charge in [-0.1, -0.05) is 6.07 Å². The van der Waals surface area contributed by atoms with Crippen LogP contribution >= 0.6 is 0 Å². The number of rotatable bonds is 3. The van der Waals surface area contributed by atoms with E-state index < -0.39 is 0 Å². The van der Waals surface area contributed by atoms with Crippen molar-refractivity contribution in [1.82, 2.24) is 24.4 Å². The molecule has 1 N–H and O–H groups in total. The first kappa shape index (κ1) is 18.9. The highest BCUT2D eigenvalue weighted by atomic mass is 19.1. The number of amides is 2. The van der Waals surface area contributed by atoms with Crippen molar-refractivity contribution in [2.75, 3.05) is 36.4 Å². The van der Waals surface area contributed by atoms with Crippen molar-refractivity contribution in [1.29, 1.82) is 0 Å². The molecule has 1 aliphatic heterocycles. The molecule has 0 bridgehead atoms. The smallest absolute Gasteiger partial charge is 0.321 e. The summed E-state index contributed by atoms with van der Waals surface area (Å²) in [4.78, 5) is 29.3. The monoisotopic (exact) mass is 395 g/mol. The Hall–Kier alpha value is -3.49. The zero-order chi connectivity index (χ0) is 20.4. The van der Waals surface area contributed by atoms with E-state index in [4.69, 9.17) is 0 Å². The summed E-state index contributed by atoms with van der Waals surface area (Å²) in [7, 11) is 0. The van der Waals surface area contributed by atoms with E-state index in [9.17, 15) is 9.18 Å². The normalized spacial score (nSPS) is 14.2. The quantitative estimate of drug-likeness (QED) is 0.738. The molecule has 0 saturated carbocycles. The summed E-state index contributed by atoms with van der Waals surface area (Å²) in [5.41, 5.74) is 1.00. The lowest BCUT2D eigenvalue weighted by molar-refractivity contribution is 0.208. The summed E-state index contributed by atoms with van der Waals surface area (Å²) >= 11 is 0. The van der Waals surface area contributed by atoms with Crippen LogP contribution in [-0.2, 0) is 0 Å². The van der Waals surface area contributed by atoms with Crippen molar-refractivity contribution in [2.24, 2.45) is 0 Å². The van der Waals surface area contributed by atoms with E-state index in [1.807, 2.05) is 23.8 Å². The number of imidazole rings is 1. The Morgan fingerprint density at radius 3 is 2.48 bits per heavy atom. The number of halogens is 1. The third kappa shape index (κ3) is 4.03. The maximum absolute atomic E-state index is 13.7. The van der Waals surface area contributed by atoms with Gasteiger partial charge in [0.1, 0.15) is 29.6 Å². The molecule has 3 aromatic rings. The second-order valence-electron chi connectivity index (χ2n) is 6.95. The van der Waals surface area contributed by atoms with E-state index in [0.717, 1.165) is 17.5 Å². The van der Waals surface area contributed by atoms with E-state index >= 15 is 0 Å². The summed E-state index contributed by atoms with van der Waals surface area (Å²) in [5.74, 6) is 2.08. The summed E-state index contributed by atoms with van der Waals surface area (Å²) < 4.78 is 15.6. The Balaban J connectivity index is 1.38. The number of carbonyl (C=O) groups excluding carboxylic acids is 1. The average Bonchev–Trinajstić information content (AvgIpc) is 3.17. The van der Waals surface area contributed by atoms with E-state index in [1.165, 1.54) is 12.4 Å². The van der Waals surface area contributed by atoms with Gasteiger partial charge < -0.3 is 15.1 Å². The molecular formula is C20H22FN7O. The van der Waals surface area contributed by atoms with Crippen molar-refractivity contribution in [3.8, 4) is 5.82 Å². The summed E-state index contributed by atoms with van der Waals surface area (Å²) in [6.07, 6.45) is 5.13. The Bertz CT molecular complexity index is 1030. The van der Waals surface area contributed by atoms with E-state index in [0.29, 0.717) is 37.4 Å². The molecule has 29 heavy (non-hydrogen) atoms. The van der Waals surface area contributed by atoms with Gasteiger partial charge in [-0.15, -0.1) is 0 Å². The highest BCUT2D eigenvalue weighted by Crippen LogP contribution is 2.18. The van der Waals surface area contributed by atoms with Gasteiger partial charge in [-0.2, -0.15) is 0 Å². The molecule has 9 heteroatoms. The lowest BCUT2D eigenvalue weighted by Crippen LogP contribution is -2.50. The number of anilines is 2. The molecule has 1 aromatic carbocycles. The van der Waals surface area contributed by atoms with Crippen molar-refractivity contribution < 1.29 is 9.18 Å². The first-order valence-corrected chi connectivity index (χ1v) is 9.40. The molecule has 0 radical (unpaired) electrons. The van der Waals surface area contributed by atoms with E-state index in [1.54, 1.807) is 30.2 Å². The fourth-order valence-electron chi connectivity index (χ4n) is 3.27. The van der Waals surface area contributed by atoms with Gasteiger partial charge in [0, 0.05) is 50.3 Å². The van der Waals surface area contributed by atoms with Crippen LogP contribution in [-0.4, -0.2) is 56.6 Å². The van der Waals surface area contributed by atoms with Crippen molar-refractivity contribution >= 4 is 17.5 Å². The van der Waals surface area contributed by atoms with Crippen molar-refractivity contribution in [2.45, 2.75) is 13.8 Å². The lowest BCUT2D eigenvalue weighted by Gasteiger charge is -2.35. The lowest BCUT2D eigenvalue weighted by atomic mass is 10.2. The second kappa shape index (κ2) is 7.86. The Morgan fingerprint density at radius 2 is 1.79 bits per heavy atom. The predicted molar refractivity (Wildman–Crippen MR) is 108 cm³/mol. The van der Waals surface area contributed by atoms with Gasteiger partial charge >= 0.3 is 6.03 Å². The highest BCUT2D eigenvalue weighted by Gasteiger charge is 2.22. The molecule has 150 valence electrons. The van der Waals surface area contributed by atoms with Crippen LogP contribution in [0, 0.1) is 19.7 Å². The third-order valence-corrected chi connectivity index (χ3v) is 5.02. The molecule has 1 aliphatic rings. The molecule has 0 atom stereocenters. The van der Waals surface area contributed by atoms with E-state index in [2.05, 4.69) is 25.2 Å². The molecule has 4 rings (SSSR count). The zero-order valence-corrected chi connectivity index (χ0v) is 16.3. The SMILES string of the molecule is Cc1ccc(NC(=O)N2CCN(c3cc(-n4ccnc4C)ncn3)CC2)cc1F. The van der Waals surface area contributed by atoms with Gasteiger partial charge in [0.05, 0.1) is 0 Å². The molecule has 3 heterocycles. The van der Waals surface area contributed by atoms with Crippen LogP contribution < -0.4 is 10.2 Å². The first-order valence-electron chi connectivity index (χ1n) is 9.40. The number of benzene rings is 1. The largest absolute Gasteiger partial charge is 0.353 e. The minimum absolute atomic E-state index is 0.231. The number of aryl methyl sites for hydroxylation is 2. The number of hydrogen-bond acceptors (Lipinski definition) is 5. The molecule has 2 aromatic heterocycles. The number of urea groups is 1. The van der Waals surface area contributed by atoms with Crippen LogP contribution in [0.4, 0.5) is 20.7 Å². The molecule has 0 unspecified atom stereocenters. The third-order valence-electron chi connectivity index (χ3n) is 5.02. The van der Waals surface area contributed by atoms with Gasteiger partial charge in [0.25, 0.3) is 0 Å². The van der Waals surface area contributed by atoms with Gasteiger partial charge in [-0.25, -0.2) is 24.1 Å². The van der Waals surface area contributed by atoms with Gasteiger partial charge in [-0.3, -0.25) is 4.57 Å². The second-order valence-corrected chi connectivity index (χ2v) is 6.95. The number of hydrogen-bond donors (Lipinski definition) is 1. The standard InChI is InChI=1S/C20H22FN7O/c1-14-3-4-16(11-17(14)21)25-20(29)27-9-7-26(8-10-27)18-12-19(24-13-23-18)28-6-5-22-15(28)2/h3-6,11-13H,7-10H2,1-2H3,(H,25,29). The van der Waals surface area contributed by atoms with Crippen molar-refractivity contribution in [3.63, 3.8) is 0 Å². The fourth-order valence-corrected chi connectivity index (χ4v) is 3.27. The number of nitrogens with one attached hydrogen (secondary N) is 1. The first-order chi connectivity index (χ1) is 14.0. The highest BCUT2D eigenvalue weighted by molar-refractivity contribution is 5.89. The van der Waals surface area contributed by atoms with Gasteiger partial charge in [-0.05, 0) is 31.5 Å². The minimum atomic E-state index is -0.333. The van der Waals surface area contributed by atoms with Crippen LogP contribution in [0.5, 0.6) is 0 Å². The molecule has 2 amide bonds. The topological polar surface area (TPSA) is 79.2 Å². The molecule has 8 nitrogen and oxygen atoms in total. The van der Waals surface area contributed by atoms with Gasteiger partial charge in [0.2, 0.25) is 0 Å². The predicted octanol–water partition coefficient (Wildman–Crippen LogP) is 2.77. The van der Waals surface area contributed by atoms with Crippen molar-refractivity contribution in [3.05, 3.63) is 60.2 Å². The average molecular weight is 395 g/mol. The van der Waals surface area contributed by atoms with Crippen LogP contribution in [0.15, 0.2) is 43.0 Å². The summed E-state index contributed by atoms with van der Waals surface area (Å²) in [6, 6.07) is 6.37. The fraction of sp³-hybridized carbons (Fsp3) is 0.300. The number of carbonyl (C=O) groups is 1. The molecule has 1 fully saturated rings. The minimum Gasteiger partial charge on any atom is -0.353 e. The maximum Gasteiger partial charge on any atom is 0.321 e. The Kier molecular flexibility index (Phi) is 5.11. The Labute approximate surface area is 168 Å². The zero-order valence-electron chi connectivity index (χ0n) is 16.3. The maximum atomic E-state index is 13.7. The molecule has 0 aliphatic carbocycles. The van der Waals surface area contributed by atoms with Crippen LogP contribution in [0.3, 0.4) is 0 Å². The number of aromatic nitrogens is 4. The van der Waals surface area contributed by atoms with Crippen LogP contribution in [0.1, 0.15) is 11.4 Å². The molecule has 1 saturated heterocycles. The Morgan fingerprint density at radius 1 is 1.03 bits per heavy atom. The molecular weight excluding hydrogens is 373 g/mol. The summed E-state index contributed by atoms with van der Waals surface area (Å²) in [6.45, 7) is 5.99. The molecule has 0 spiro atoms. The number of nitrogens with zero attached hydrogens (tertiary/aromatic N) is 6.